The van der Waals surface area contributed by atoms with Gasteiger partial charge in [-0.25, -0.2) is 4.99 Å². The van der Waals surface area contributed by atoms with E-state index in [1.807, 2.05) is 67.5 Å². The molecule has 0 radical (unpaired) electrons. The number of benzene rings is 2. The van der Waals surface area contributed by atoms with Crippen molar-refractivity contribution in [3.63, 3.8) is 0 Å². The fraction of sp³-hybridized carbons (Fsp3) is 0.273. The highest BCUT2D eigenvalue weighted by Crippen LogP contribution is 2.35. The van der Waals surface area contributed by atoms with Crippen LogP contribution < -0.4 is 4.90 Å². The Bertz CT molecular complexity index is 935. The quantitative estimate of drug-likeness (QED) is 0.529. The first-order valence-electron chi connectivity index (χ1n) is 9.22. The molecule has 28 heavy (non-hydrogen) atoms. The molecule has 0 bridgehead atoms. The van der Waals surface area contributed by atoms with Crippen LogP contribution in [0.25, 0.3) is 6.08 Å². The number of halogens is 1. The molecule has 2 aromatic rings. The zero-order chi connectivity index (χ0) is 20.3. The van der Waals surface area contributed by atoms with Gasteiger partial charge in [0.1, 0.15) is 0 Å². The van der Waals surface area contributed by atoms with Crippen molar-refractivity contribution in [1.29, 1.82) is 0 Å². The molecule has 0 saturated carbocycles. The van der Waals surface area contributed by atoms with E-state index in [4.69, 9.17) is 4.99 Å². The fourth-order valence-corrected chi connectivity index (χ4v) is 4.64. The van der Waals surface area contributed by atoms with Crippen LogP contribution in [-0.2, 0) is 4.79 Å². The standard InChI is InChI=1S/C22H24BrN3OS/c1-5-12-26-21(27)20(14-16-8-11-19(25(3)4)18(23)13-16)28-22(26)24-17-9-6-15(2)7-10-17/h6-11,13-14H,5,12H2,1-4H3. The number of carbonyl (C=O) groups excluding carboxylic acids is 1. The normalized spacial score (nSPS) is 17.0. The summed E-state index contributed by atoms with van der Waals surface area (Å²) in [6.45, 7) is 4.78. The van der Waals surface area contributed by atoms with Crippen molar-refractivity contribution in [2.24, 2.45) is 4.99 Å². The van der Waals surface area contributed by atoms with E-state index in [-0.39, 0.29) is 5.91 Å². The predicted octanol–water partition coefficient (Wildman–Crippen LogP) is 5.84. The highest BCUT2D eigenvalue weighted by atomic mass is 79.9. The minimum atomic E-state index is 0.0190. The minimum Gasteiger partial charge on any atom is -0.377 e. The van der Waals surface area contributed by atoms with E-state index in [0.29, 0.717) is 11.4 Å². The SMILES string of the molecule is CCCN1C(=O)C(=Cc2ccc(N(C)C)c(Br)c2)SC1=Nc1ccc(C)cc1. The van der Waals surface area contributed by atoms with Gasteiger partial charge in [0.25, 0.3) is 5.91 Å². The molecule has 0 aromatic heterocycles. The Morgan fingerprint density at radius 1 is 1.18 bits per heavy atom. The third-order valence-corrected chi connectivity index (χ3v) is 5.99. The van der Waals surface area contributed by atoms with Crippen molar-refractivity contribution in [2.45, 2.75) is 20.3 Å². The van der Waals surface area contributed by atoms with E-state index in [1.54, 1.807) is 4.90 Å². The molecular weight excluding hydrogens is 434 g/mol. The zero-order valence-corrected chi connectivity index (χ0v) is 19.0. The second-order valence-corrected chi connectivity index (χ2v) is 8.77. The van der Waals surface area contributed by atoms with Crippen molar-refractivity contribution in [1.82, 2.24) is 4.90 Å². The van der Waals surface area contributed by atoms with Gasteiger partial charge in [-0.1, -0.05) is 30.7 Å². The first kappa shape index (κ1) is 20.7. The number of aryl methyl sites for hydroxylation is 1. The molecule has 1 heterocycles. The van der Waals surface area contributed by atoms with E-state index < -0.39 is 0 Å². The third-order valence-electron chi connectivity index (χ3n) is 4.35. The molecule has 0 aliphatic carbocycles. The molecule has 0 N–H and O–H groups in total. The molecule has 1 aliphatic heterocycles. The lowest BCUT2D eigenvalue weighted by molar-refractivity contribution is -0.122. The van der Waals surface area contributed by atoms with E-state index in [9.17, 15) is 4.79 Å². The summed E-state index contributed by atoms with van der Waals surface area (Å²) in [6, 6.07) is 14.1. The lowest BCUT2D eigenvalue weighted by atomic mass is 10.2. The van der Waals surface area contributed by atoms with Gasteiger partial charge in [-0.15, -0.1) is 0 Å². The topological polar surface area (TPSA) is 35.9 Å². The number of aliphatic imine (C=N–C) groups is 1. The highest BCUT2D eigenvalue weighted by Gasteiger charge is 2.32. The molecule has 3 rings (SSSR count). The maximum absolute atomic E-state index is 13.0. The number of nitrogens with zero attached hydrogens (tertiary/aromatic N) is 3. The maximum Gasteiger partial charge on any atom is 0.266 e. The number of hydrogen-bond acceptors (Lipinski definition) is 4. The Balaban J connectivity index is 1.92. The number of hydrogen-bond donors (Lipinski definition) is 0. The van der Waals surface area contributed by atoms with Gasteiger partial charge in [0.05, 0.1) is 16.3 Å². The number of amides is 1. The van der Waals surface area contributed by atoms with Gasteiger partial charge in [-0.05, 0) is 76.9 Å². The molecule has 0 atom stereocenters. The molecule has 1 fully saturated rings. The van der Waals surface area contributed by atoms with Gasteiger partial charge in [-0.3, -0.25) is 9.69 Å². The van der Waals surface area contributed by atoms with Gasteiger partial charge in [0.2, 0.25) is 0 Å². The van der Waals surface area contributed by atoms with Crippen LogP contribution in [0.4, 0.5) is 11.4 Å². The van der Waals surface area contributed by atoms with Crippen molar-refractivity contribution in [3.05, 3.63) is 63.0 Å². The van der Waals surface area contributed by atoms with Crippen LogP contribution in [0.15, 0.2) is 56.8 Å². The molecule has 1 amide bonds. The van der Waals surface area contributed by atoms with Crippen LogP contribution in [0.3, 0.4) is 0 Å². The summed E-state index contributed by atoms with van der Waals surface area (Å²) >= 11 is 5.05. The van der Waals surface area contributed by atoms with Crippen LogP contribution in [0, 0.1) is 6.92 Å². The smallest absolute Gasteiger partial charge is 0.266 e. The highest BCUT2D eigenvalue weighted by molar-refractivity contribution is 9.10. The van der Waals surface area contributed by atoms with E-state index in [2.05, 4.69) is 29.8 Å². The monoisotopic (exact) mass is 457 g/mol. The van der Waals surface area contributed by atoms with Crippen molar-refractivity contribution in [2.75, 3.05) is 25.5 Å². The van der Waals surface area contributed by atoms with Gasteiger partial charge >= 0.3 is 0 Å². The van der Waals surface area contributed by atoms with Gasteiger partial charge < -0.3 is 4.90 Å². The average molecular weight is 458 g/mol. The molecule has 4 nitrogen and oxygen atoms in total. The van der Waals surface area contributed by atoms with Crippen LogP contribution in [0.5, 0.6) is 0 Å². The molecule has 1 saturated heterocycles. The first-order valence-corrected chi connectivity index (χ1v) is 10.8. The molecule has 6 heteroatoms. The molecule has 0 spiro atoms. The Morgan fingerprint density at radius 2 is 1.89 bits per heavy atom. The summed E-state index contributed by atoms with van der Waals surface area (Å²) < 4.78 is 1.00. The Kier molecular flexibility index (Phi) is 6.62. The first-order chi connectivity index (χ1) is 13.4. The van der Waals surface area contributed by atoms with Gasteiger partial charge in [0.15, 0.2) is 5.17 Å². The summed E-state index contributed by atoms with van der Waals surface area (Å²) in [7, 11) is 4.01. The van der Waals surface area contributed by atoms with Crippen molar-refractivity contribution in [3.8, 4) is 0 Å². The second kappa shape index (κ2) is 8.97. The second-order valence-electron chi connectivity index (χ2n) is 6.90. The van der Waals surface area contributed by atoms with E-state index >= 15 is 0 Å². The van der Waals surface area contributed by atoms with Crippen LogP contribution >= 0.6 is 27.7 Å². The number of anilines is 1. The summed E-state index contributed by atoms with van der Waals surface area (Å²) in [4.78, 5) is 22.2. The average Bonchev–Trinajstić information content (AvgIpc) is 2.92. The summed E-state index contributed by atoms with van der Waals surface area (Å²) in [5, 5.41) is 0.742. The Hall–Kier alpha value is -2.05. The maximum atomic E-state index is 13.0. The van der Waals surface area contributed by atoms with Crippen LogP contribution in [-0.4, -0.2) is 36.6 Å². The predicted molar refractivity (Wildman–Crippen MR) is 124 cm³/mol. The number of rotatable bonds is 5. The summed E-state index contributed by atoms with van der Waals surface area (Å²) in [6.07, 6.45) is 2.83. The lowest BCUT2D eigenvalue weighted by Crippen LogP contribution is -2.29. The molecule has 2 aromatic carbocycles. The van der Waals surface area contributed by atoms with E-state index in [0.717, 1.165) is 33.0 Å². The van der Waals surface area contributed by atoms with Crippen LogP contribution in [0.1, 0.15) is 24.5 Å². The number of amidine groups is 1. The van der Waals surface area contributed by atoms with Gasteiger partial charge in [0, 0.05) is 25.1 Å². The zero-order valence-electron chi connectivity index (χ0n) is 16.6. The number of thioether (sulfide) groups is 1. The van der Waals surface area contributed by atoms with E-state index in [1.165, 1.54) is 17.3 Å². The molecule has 0 unspecified atom stereocenters. The summed E-state index contributed by atoms with van der Waals surface area (Å²) in [5.74, 6) is 0.0190. The summed E-state index contributed by atoms with van der Waals surface area (Å²) in [5.41, 5.74) is 4.14. The number of carbonyl (C=O) groups is 1. The molecule has 146 valence electrons. The van der Waals surface area contributed by atoms with Crippen molar-refractivity contribution < 1.29 is 4.79 Å². The minimum absolute atomic E-state index is 0.0190. The Labute approximate surface area is 179 Å². The fourth-order valence-electron chi connectivity index (χ4n) is 2.87. The Morgan fingerprint density at radius 3 is 2.50 bits per heavy atom. The van der Waals surface area contributed by atoms with Crippen LogP contribution in [0.2, 0.25) is 0 Å². The third kappa shape index (κ3) is 4.67. The largest absolute Gasteiger partial charge is 0.377 e. The lowest BCUT2D eigenvalue weighted by Gasteiger charge is -2.15. The van der Waals surface area contributed by atoms with Gasteiger partial charge in [-0.2, -0.15) is 0 Å². The molecule has 1 aliphatic rings. The van der Waals surface area contributed by atoms with Crippen molar-refractivity contribution >= 4 is 56.2 Å². The molecular formula is C22H24BrN3OS.